The minimum absolute atomic E-state index is 0.767. The first kappa shape index (κ1) is 12.2. The molecule has 0 aromatic carbocycles. The molecular weight excluding hydrogens is 210 g/mol. The van der Waals surface area contributed by atoms with Gasteiger partial charge in [0.1, 0.15) is 5.82 Å². The Balaban J connectivity index is 1.75. The molecule has 3 heteroatoms. The number of hydrogen-bond donors (Lipinski definition) is 2. The van der Waals surface area contributed by atoms with Gasteiger partial charge in [-0.15, -0.1) is 0 Å². The summed E-state index contributed by atoms with van der Waals surface area (Å²) in [6.45, 7) is 2.97. The zero-order chi connectivity index (χ0) is 12.1. The molecule has 1 aliphatic rings. The van der Waals surface area contributed by atoms with E-state index in [9.17, 15) is 0 Å². The highest BCUT2D eigenvalue weighted by Gasteiger charge is 2.12. The molecular formula is C14H23N3. The molecule has 0 saturated heterocycles. The van der Waals surface area contributed by atoms with Crippen LogP contribution in [0.25, 0.3) is 0 Å². The molecule has 0 spiro atoms. The summed E-state index contributed by atoms with van der Waals surface area (Å²) >= 11 is 0. The van der Waals surface area contributed by atoms with Crippen molar-refractivity contribution < 1.29 is 0 Å². The number of nitrogen functional groups attached to an aromatic ring is 1. The Morgan fingerprint density at radius 3 is 2.76 bits per heavy atom. The van der Waals surface area contributed by atoms with Gasteiger partial charge in [0, 0.05) is 6.54 Å². The molecule has 17 heavy (non-hydrogen) atoms. The van der Waals surface area contributed by atoms with Gasteiger partial charge >= 0.3 is 0 Å². The Bertz CT molecular complexity index is 356. The predicted molar refractivity (Wildman–Crippen MR) is 73.1 cm³/mol. The molecule has 1 aromatic heterocycles. The first-order valence-electron chi connectivity index (χ1n) is 6.72. The van der Waals surface area contributed by atoms with Crippen molar-refractivity contribution in [3.8, 4) is 0 Å². The van der Waals surface area contributed by atoms with Crippen molar-refractivity contribution >= 4 is 11.5 Å². The van der Waals surface area contributed by atoms with Crippen LogP contribution in [0.5, 0.6) is 0 Å². The molecule has 94 valence electrons. The fourth-order valence-electron chi connectivity index (χ4n) is 2.55. The normalized spacial score (nSPS) is 17.0. The second kappa shape index (κ2) is 5.89. The van der Waals surface area contributed by atoms with Gasteiger partial charge in [-0.05, 0) is 31.4 Å². The standard InChI is InChI=1S/C14H23N3/c1-11-13(15)7-8-14(17-11)16-10-9-12-5-3-2-4-6-12/h7-8,12H,2-6,9-10,15H2,1H3,(H,16,17). The van der Waals surface area contributed by atoms with E-state index >= 15 is 0 Å². The van der Waals surface area contributed by atoms with Crippen LogP contribution in [0.2, 0.25) is 0 Å². The van der Waals surface area contributed by atoms with Crippen LogP contribution in [0.3, 0.4) is 0 Å². The minimum Gasteiger partial charge on any atom is -0.397 e. The van der Waals surface area contributed by atoms with Crippen LogP contribution in [0.1, 0.15) is 44.2 Å². The Labute approximate surface area is 104 Å². The zero-order valence-corrected chi connectivity index (χ0v) is 10.7. The van der Waals surface area contributed by atoms with Gasteiger partial charge in [0.05, 0.1) is 11.4 Å². The molecule has 1 saturated carbocycles. The van der Waals surface area contributed by atoms with Crippen molar-refractivity contribution in [1.82, 2.24) is 4.98 Å². The lowest BCUT2D eigenvalue weighted by molar-refractivity contribution is 0.345. The van der Waals surface area contributed by atoms with Crippen molar-refractivity contribution in [2.45, 2.75) is 45.4 Å². The fraction of sp³-hybridized carbons (Fsp3) is 0.643. The molecule has 1 fully saturated rings. The number of hydrogen-bond acceptors (Lipinski definition) is 3. The third-order valence-corrected chi connectivity index (χ3v) is 3.71. The van der Waals surface area contributed by atoms with Gasteiger partial charge in [0.25, 0.3) is 0 Å². The molecule has 3 nitrogen and oxygen atoms in total. The monoisotopic (exact) mass is 233 g/mol. The van der Waals surface area contributed by atoms with Crippen LogP contribution in [0, 0.1) is 12.8 Å². The number of nitrogens with one attached hydrogen (secondary N) is 1. The first-order chi connectivity index (χ1) is 8.25. The van der Waals surface area contributed by atoms with Crippen molar-refractivity contribution in [3.63, 3.8) is 0 Å². The summed E-state index contributed by atoms with van der Waals surface area (Å²) in [4.78, 5) is 4.42. The van der Waals surface area contributed by atoms with Crippen LogP contribution in [-0.4, -0.2) is 11.5 Å². The third kappa shape index (κ3) is 3.62. The summed E-state index contributed by atoms with van der Waals surface area (Å²) in [5.74, 6) is 1.87. The maximum atomic E-state index is 5.74. The molecule has 0 amide bonds. The lowest BCUT2D eigenvalue weighted by atomic mass is 9.87. The number of nitrogens with two attached hydrogens (primary N) is 1. The topological polar surface area (TPSA) is 50.9 Å². The minimum atomic E-state index is 0.767. The second-order valence-electron chi connectivity index (χ2n) is 5.09. The summed E-state index contributed by atoms with van der Waals surface area (Å²) in [6, 6.07) is 3.88. The number of rotatable bonds is 4. The van der Waals surface area contributed by atoms with Gasteiger partial charge in [-0.3, -0.25) is 0 Å². The van der Waals surface area contributed by atoms with E-state index in [-0.39, 0.29) is 0 Å². The molecule has 1 aliphatic carbocycles. The van der Waals surface area contributed by atoms with E-state index in [1.54, 1.807) is 0 Å². The Morgan fingerprint density at radius 1 is 1.29 bits per heavy atom. The van der Waals surface area contributed by atoms with E-state index in [4.69, 9.17) is 5.73 Å². The van der Waals surface area contributed by atoms with Crippen molar-refractivity contribution in [1.29, 1.82) is 0 Å². The van der Waals surface area contributed by atoms with Crippen LogP contribution < -0.4 is 11.1 Å². The van der Waals surface area contributed by atoms with Gasteiger partial charge in [0.2, 0.25) is 0 Å². The van der Waals surface area contributed by atoms with E-state index < -0.39 is 0 Å². The maximum Gasteiger partial charge on any atom is 0.126 e. The second-order valence-corrected chi connectivity index (χ2v) is 5.09. The highest BCUT2D eigenvalue weighted by atomic mass is 15.0. The molecule has 2 rings (SSSR count). The Hall–Kier alpha value is -1.25. The Morgan fingerprint density at radius 2 is 2.06 bits per heavy atom. The van der Waals surface area contributed by atoms with Crippen molar-refractivity contribution in [2.24, 2.45) is 5.92 Å². The average molecular weight is 233 g/mol. The van der Waals surface area contributed by atoms with Gasteiger partial charge in [0.15, 0.2) is 0 Å². The average Bonchev–Trinajstić information content (AvgIpc) is 2.35. The van der Waals surface area contributed by atoms with Gasteiger partial charge in [-0.25, -0.2) is 4.98 Å². The lowest BCUT2D eigenvalue weighted by Crippen LogP contribution is -2.13. The van der Waals surface area contributed by atoms with Crippen molar-refractivity contribution in [3.05, 3.63) is 17.8 Å². The number of pyridine rings is 1. The summed E-state index contributed by atoms with van der Waals surface area (Å²) in [5.41, 5.74) is 7.42. The maximum absolute atomic E-state index is 5.74. The zero-order valence-electron chi connectivity index (χ0n) is 10.7. The largest absolute Gasteiger partial charge is 0.397 e. The Kier molecular flexibility index (Phi) is 4.24. The smallest absolute Gasteiger partial charge is 0.126 e. The number of aryl methyl sites for hydroxylation is 1. The summed E-state index contributed by atoms with van der Waals surface area (Å²) in [5, 5.41) is 3.39. The van der Waals surface area contributed by atoms with E-state index in [2.05, 4.69) is 10.3 Å². The van der Waals surface area contributed by atoms with Gasteiger partial charge < -0.3 is 11.1 Å². The molecule has 1 heterocycles. The quantitative estimate of drug-likeness (QED) is 0.838. The van der Waals surface area contributed by atoms with Crippen LogP contribution in [0.15, 0.2) is 12.1 Å². The van der Waals surface area contributed by atoms with Gasteiger partial charge in [-0.1, -0.05) is 32.1 Å². The predicted octanol–water partition coefficient (Wildman–Crippen LogP) is 3.35. The number of nitrogens with zero attached hydrogens (tertiary/aromatic N) is 1. The van der Waals surface area contributed by atoms with E-state index in [1.807, 2.05) is 19.1 Å². The molecule has 1 aromatic rings. The highest BCUT2D eigenvalue weighted by molar-refractivity contribution is 5.48. The fourth-order valence-corrected chi connectivity index (χ4v) is 2.55. The van der Waals surface area contributed by atoms with Crippen LogP contribution in [0.4, 0.5) is 11.5 Å². The molecule has 3 N–H and O–H groups in total. The third-order valence-electron chi connectivity index (χ3n) is 3.71. The summed E-state index contributed by atoms with van der Waals surface area (Å²) < 4.78 is 0. The number of aromatic nitrogens is 1. The molecule has 0 radical (unpaired) electrons. The van der Waals surface area contributed by atoms with E-state index in [1.165, 1.54) is 38.5 Å². The van der Waals surface area contributed by atoms with Gasteiger partial charge in [-0.2, -0.15) is 0 Å². The molecule has 0 atom stereocenters. The summed E-state index contributed by atoms with van der Waals surface area (Å²) in [7, 11) is 0. The van der Waals surface area contributed by atoms with E-state index in [0.717, 1.165) is 29.7 Å². The SMILES string of the molecule is Cc1nc(NCCC2CCCCC2)ccc1N. The van der Waals surface area contributed by atoms with Crippen molar-refractivity contribution in [2.75, 3.05) is 17.6 Å². The summed E-state index contributed by atoms with van der Waals surface area (Å²) in [6.07, 6.45) is 8.37. The lowest BCUT2D eigenvalue weighted by Gasteiger charge is -2.21. The molecule has 0 bridgehead atoms. The van der Waals surface area contributed by atoms with Crippen LogP contribution >= 0.6 is 0 Å². The molecule has 0 unspecified atom stereocenters. The highest BCUT2D eigenvalue weighted by Crippen LogP contribution is 2.26. The number of anilines is 2. The first-order valence-corrected chi connectivity index (χ1v) is 6.72. The van der Waals surface area contributed by atoms with Crippen LogP contribution in [-0.2, 0) is 0 Å². The van der Waals surface area contributed by atoms with E-state index in [0.29, 0.717) is 0 Å². The molecule has 0 aliphatic heterocycles.